The number of benzene rings is 2. The lowest BCUT2D eigenvalue weighted by molar-refractivity contribution is 0.427. The zero-order chi connectivity index (χ0) is 13.9. The molecule has 1 heterocycles. The van der Waals surface area contributed by atoms with Crippen molar-refractivity contribution in [3.05, 3.63) is 54.1 Å². The van der Waals surface area contributed by atoms with Crippen molar-refractivity contribution in [1.29, 1.82) is 0 Å². The molecule has 0 saturated carbocycles. The molecule has 3 rings (SSSR count). The summed E-state index contributed by atoms with van der Waals surface area (Å²) in [6, 6.07) is 14.4. The second kappa shape index (κ2) is 5.00. The average Bonchev–Trinajstić information content (AvgIpc) is 2.90. The van der Waals surface area contributed by atoms with Gasteiger partial charge >= 0.3 is 6.01 Å². The fourth-order valence-corrected chi connectivity index (χ4v) is 1.71. The number of hydrogen-bond donors (Lipinski definition) is 1. The van der Waals surface area contributed by atoms with Crippen LogP contribution in [0.4, 0.5) is 0 Å². The Morgan fingerprint density at radius 2 is 1.70 bits per heavy atom. The summed E-state index contributed by atoms with van der Waals surface area (Å²) in [4.78, 5) is 0. The number of ether oxygens (including phenoxy) is 1. The van der Waals surface area contributed by atoms with E-state index in [1.807, 2.05) is 31.2 Å². The van der Waals surface area contributed by atoms with Gasteiger partial charge in [0.1, 0.15) is 11.5 Å². The summed E-state index contributed by atoms with van der Waals surface area (Å²) in [5, 5.41) is 20.6. The Kier molecular flexibility index (Phi) is 3.04. The number of aryl methyl sites for hydroxylation is 1. The Morgan fingerprint density at radius 1 is 1.00 bits per heavy atom. The van der Waals surface area contributed by atoms with E-state index < -0.39 is 0 Å². The fraction of sp³-hybridized carbons (Fsp3) is 0.0714. The highest BCUT2D eigenvalue weighted by Gasteiger charge is 2.10. The van der Waals surface area contributed by atoms with Crippen LogP contribution in [0.25, 0.3) is 5.69 Å². The van der Waals surface area contributed by atoms with Crippen LogP contribution in [-0.2, 0) is 0 Å². The second-order valence-corrected chi connectivity index (χ2v) is 4.30. The predicted octanol–water partition coefficient (Wildman–Crippen LogP) is 2.47. The summed E-state index contributed by atoms with van der Waals surface area (Å²) in [7, 11) is 0. The molecule has 0 aliphatic heterocycles. The lowest BCUT2D eigenvalue weighted by Gasteiger charge is -2.06. The maximum Gasteiger partial charge on any atom is 0.345 e. The van der Waals surface area contributed by atoms with Crippen LogP contribution in [0.15, 0.2) is 48.5 Å². The maximum atomic E-state index is 9.29. The van der Waals surface area contributed by atoms with Gasteiger partial charge in [0.2, 0.25) is 0 Å². The van der Waals surface area contributed by atoms with Crippen molar-refractivity contribution in [1.82, 2.24) is 20.2 Å². The third-order valence-electron chi connectivity index (χ3n) is 2.77. The Bertz CT molecular complexity index is 705. The van der Waals surface area contributed by atoms with Gasteiger partial charge in [0.05, 0.1) is 5.69 Å². The van der Waals surface area contributed by atoms with E-state index in [0.717, 1.165) is 5.56 Å². The number of aromatic nitrogens is 4. The van der Waals surface area contributed by atoms with Gasteiger partial charge in [0, 0.05) is 0 Å². The first-order chi connectivity index (χ1) is 9.72. The van der Waals surface area contributed by atoms with Crippen LogP contribution in [0.1, 0.15) is 5.56 Å². The summed E-state index contributed by atoms with van der Waals surface area (Å²) >= 11 is 0. The molecule has 6 heteroatoms. The summed E-state index contributed by atoms with van der Waals surface area (Å²) in [6.45, 7) is 2.00. The zero-order valence-electron chi connectivity index (χ0n) is 10.8. The SMILES string of the molecule is Cc1ccc(Oc2nnnn2-c2ccc(O)cc2)cc1. The second-order valence-electron chi connectivity index (χ2n) is 4.30. The molecule has 0 spiro atoms. The van der Waals surface area contributed by atoms with E-state index in [1.165, 1.54) is 4.68 Å². The molecule has 0 amide bonds. The molecule has 1 aromatic heterocycles. The van der Waals surface area contributed by atoms with Crippen molar-refractivity contribution in [3.8, 4) is 23.2 Å². The van der Waals surface area contributed by atoms with E-state index in [1.54, 1.807) is 24.3 Å². The third-order valence-corrected chi connectivity index (χ3v) is 2.77. The van der Waals surface area contributed by atoms with Crippen molar-refractivity contribution in [2.75, 3.05) is 0 Å². The van der Waals surface area contributed by atoms with E-state index in [2.05, 4.69) is 15.5 Å². The number of phenolic OH excluding ortho intramolecular Hbond substituents is 1. The van der Waals surface area contributed by atoms with Crippen LogP contribution in [-0.4, -0.2) is 25.3 Å². The zero-order valence-corrected chi connectivity index (χ0v) is 10.8. The number of hydrogen-bond acceptors (Lipinski definition) is 5. The van der Waals surface area contributed by atoms with Crippen molar-refractivity contribution in [3.63, 3.8) is 0 Å². The molecule has 0 aliphatic rings. The Labute approximate surface area is 115 Å². The van der Waals surface area contributed by atoms with E-state index >= 15 is 0 Å². The molecule has 0 saturated heterocycles. The topological polar surface area (TPSA) is 73.1 Å². The monoisotopic (exact) mass is 268 g/mol. The highest BCUT2D eigenvalue weighted by Crippen LogP contribution is 2.22. The molecule has 100 valence electrons. The van der Waals surface area contributed by atoms with E-state index in [0.29, 0.717) is 11.4 Å². The van der Waals surface area contributed by atoms with Crippen molar-refractivity contribution < 1.29 is 9.84 Å². The molecule has 3 aromatic rings. The maximum absolute atomic E-state index is 9.29. The normalized spacial score (nSPS) is 10.4. The van der Waals surface area contributed by atoms with Gasteiger partial charge in [-0.05, 0) is 53.7 Å². The number of nitrogens with zero attached hydrogens (tertiary/aromatic N) is 4. The van der Waals surface area contributed by atoms with E-state index in [9.17, 15) is 5.11 Å². The number of rotatable bonds is 3. The standard InChI is InChI=1S/C14H12N4O2/c1-10-2-8-13(9-3-10)20-14-15-16-17-18(14)11-4-6-12(19)7-5-11/h2-9,19H,1H3. The Balaban J connectivity index is 1.90. The molecule has 1 N–H and O–H groups in total. The van der Waals surface area contributed by atoms with Gasteiger partial charge in [0.25, 0.3) is 0 Å². The minimum atomic E-state index is 0.183. The van der Waals surface area contributed by atoms with Gasteiger partial charge in [-0.15, -0.1) is 0 Å². The Hall–Kier alpha value is -2.89. The van der Waals surface area contributed by atoms with Crippen molar-refractivity contribution in [2.24, 2.45) is 0 Å². The van der Waals surface area contributed by atoms with Gasteiger partial charge < -0.3 is 9.84 Å². The van der Waals surface area contributed by atoms with Crippen LogP contribution in [0.5, 0.6) is 17.5 Å². The first kappa shape index (κ1) is 12.2. The molecule has 20 heavy (non-hydrogen) atoms. The first-order valence-electron chi connectivity index (χ1n) is 6.05. The van der Waals surface area contributed by atoms with Crippen molar-refractivity contribution >= 4 is 0 Å². The number of aromatic hydroxyl groups is 1. The summed E-state index contributed by atoms with van der Waals surface area (Å²) < 4.78 is 7.11. The minimum Gasteiger partial charge on any atom is -0.508 e. The molecule has 6 nitrogen and oxygen atoms in total. The molecule has 0 radical (unpaired) electrons. The van der Waals surface area contributed by atoms with Gasteiger partial charge in [0.15, 0.2) is 0 Å². The molecule has 0 unspecified atom stereocenters. The third kappa shape index (κ3) is 2.44. The average molecular weight is 268 g/mol. The molecule has 0 aliphatic carbocycles. The van der Waals surface area contributed by atoms with Crippen LogP contribution in [0.3, 0.4) is 0 Å². The lowest BCUT2D eigenvalue weighted by Crippen LogP contribution is -2.00. The first-order valence-corrected chi connectivity index (χ1v) is 6.05. The number of phenols is 1. The summed E-state index contributed by atoms with van der Waals surface area (Å²) in [5.74, 6) is 0.841. The summed E-state index contributed by atoms with van der Waals surface area (Å²) in [6.07, 6.45) is 0. The van der Waals surface area contributed by atoms with Crippen LogP contribution in [0.2, 0.25) is 0 Å². The van der Waals surface area contributed by atoms with Gasteiger partial charge in [-0.1, -0.05) is 22.8 Å². The molecular weight excluding hydrogens is 256 g/mol. The Morgan fingerprint density at radius 3 is 2.40 bits per heavy atom. The van der Waals surface area contributed by atoms with Crippen LogP contribution in [0, 0.1) is 6.92 Å². The fourth-order valence-electron chi connectivity index (χ4n) is 1.71. The van der Waals surface area contributed by atoms with Gasteiger partial charge in [-0.3, -0.25) is 0 Å². The smallest absolute Gasteiger partial charge is 0.345 e. The minimum absolute atomic E-state index is 0.183. The van der Waals surface area contributed by atoms with Gasteiger partial charge in [-0.2, -0.15) is 4.68 Å². The predicted molar refractivity (Wildman–Crippen MR) is 72.1 cm³/mol. The van der Waals surface area contributed by atoms with E-state index in [-0.39, 0.29) is 11.8 Å². The van der Waals surface area contributed by atoms with E-state index in [4.69, 9.17) is 4.74 Å². The lowest BCUT2D eigenvalue weighted by atomic mass is 10.2. The highest BCUT2D eigenvalue weighted by atomic mass is 16.5. The van der Waals surface area contributed by atoms with Crippen LogP contribution < -0.4 is 4.74 Å². The largest absolute Gasteiger partial charge is 0.508 e. The number of tetrazole rings is 1. The van der Waals surface area contributed by atoms with Gasteiger partial charge in [-0.25, -0.2) is 0 Å². The quantitative estimate of drug-likeness (QED) is 0.790. The summed E-state index contributed by atoms with van der Waals surface area (Å²) in [5.41, 5.74) is 1.85. The molecule has 0 bridgehead atoms. The molecule has 0 fully saturated rings. The van der Waals surface area contributed by atoms with Crippen LogP contribution >= 0.6 is 0 Å². The molecule has 2 aromatic carbocycles. The highest BCUT2D eigenvalue weighted by molar-refractivity contribution is 5.38. The van der Waals surface area contributed by atoms with Crippen molar-refractivity contribution in [2.45, 2.75) is 6.92 Å². The molecule has 0 atom stereocenters. The molecular formula is C14H12N4O2.